The quantitative estimate of drug-likeness (QED) is 0.725. The van der Waals surface area contributed by atoms with Crippen molar-refractivity contribution < 1.29 is 0 Å². The SMILES string of the molecule is Cc1cc2ccccc2nc1-c1ccc(N2CCN(C)CC2)nc1. The maximum absolute atomic E-state index is 4.84. The van der Waals surface area contributed by atoms with Crippen molar-refractivity contribution in [3.63, 3.8) is 0 Å². The Hall–Kier alpha value is -2.46. The predicted molar refractivity (Wildman–Crippen MR) is 99.4 cm³/mol. The summed E-state index contributed by atoms with van der Waals surface area (Å²) in [5.41, 5.74) is 4.31. The van der Waals surface area contributed by atoms with E-state index in [0.717, 1.165) is 48.8 Å². The van der Waals surface area contributed by atoms with Crippen molar-refractivity contribution in [2.24, 2.45) is 0 Å². The maximum atomic E-state index is 4.84. The summed E-state index contributed by atoms with van der Waals surface area (Å²) in [7, 11) is 2.17. The molecule has 3 aromatic rings. The lowest BCUT2D eigenvalue weighted by atomic mass is 10.1. The number of hydrogen-bond donors (Lipinski definition) is 0. The standard InChI is InChI=1S/C20H22N4/c1-15-13-16-5-3-4-6-18(16)22-20(15)17-7-8-19(21-14-17)24-11-9-23(2)10-12-24/h3-8,13-14H,9-12H2,1-2H3. The van der Waals surface area contributed by atoms with E-state index in [0.29, 0.717) is 0 Å². The first-order chi connectivity index (χ1) is 11.7. The van der Waals surface area contributed by atoms with Gasteiger partial charge in [0.1, 0.15) is 5.82 Å². The molecule has 3 heterocycles. The van der Waals surface area contributed by atoms with E-state index in [-0.39, 0.29) is 0 Å². The van der Waals surface area contributed by atoms with Crippen LogP contribution < -0.4 is 4.90 Å². The van der Waals surface area contributed by atoms with Gasteiger partial charge in [-0.05, 0) is 43.8 Å². The molecule has 4 rings (SSSR count). The second-order valence-corrected chi connectivity index (χ2v) is 6.54. The topological polar surface area (TPSA) is 32.3 Å². The Morgan fingerprint density at radius 1 is 0.958 bits per heavy atom. The minimum absolute atomic E-state index is 1.02. The number of aromatic nitrogens is 2. The van der Waals surface area contributed by atoms with Gasteiger partial charge < -0.3 is 9.80 Å². The second kappa shape index (κ2) is 6.21. The van der Waals surface area contributed by atoms with Gasteiger partial charge in [0, 0.05) is 43.3 Å². The molecular weight excluding hydrogens is 296 g/mol. The van der Waals surface area contributed by atoms with Crippen LogP contribution in [0.3, 0.4) is 0 Å². The Labute approximate surface area is 142 Å². The van der Waals surface area contributed by atoms with Crippen LogP contribution in [-0.2, 0) is 0 Å². The average molecular weight is 318 g/mol. The molecule has 0 saturated carbocycles. The number of fused-ring (bicyclic) bond motifs is 1. The van der Waals surface area contributed by atoms with Crippen molar-refractivity contribution >= 4 is 16.7 Å². The summed E-state index contributed by atoms with van der Waals surface area (Å²) in [5, 5.41) is 1.18. The van der Waals surface area contributed by atoms with Crippen LogP contribution in [-0.4, -0.2) is 48.1 Å². The predicted octanol–water partition coefficient (Wildman–Crippen LogP) is 3.36. The normalized spacial score (nSPS) is 15.8. The van der Waals surface area contributed by atoms with Crippen LogP contribution in [0, 0.1) is 6.92 Å². The lowest BCUT2D eigenvalue weighted by molar-refractivity contribution is 0.312. The number of anilines is 1. The highest BCUT2D eigenvalue weighted by Crippen LogP contribution is 2.26. The van der Waals surface area contributed by atoms with Crippen molar-refractivity contribution in [3.8, 4) is 11.3 Å². The van der Waals surface area contributed by atoms with Gasteiger partial charge in [0.25, 0.3) is 0 Å². The van der Waals surface area contributed by atoms with E-state index in [1.54, 1.807) is 0 Å². The third-order valence-electron chi connectivity index (χ3n) is 4.76. The fourth-order valence-electron chi connectivity index (χ4n) is 3.26. The van der Waals surface area contributed by atoms with E-state index < -0.39 is 0 Å². The Balaban J connectivity index is 1.64. The molecule has 0 spiro atoms. The molecule has 0 aliphatic carbocycles. The number of hydrogen-bond acceptors (Lipinski definition) is 4. The van der Waals surface area contributed by atoms with Crippen LogP contribution in [0.1, 0.15) is 5.56 Å². The molecule has 4 heteroatoms. The zero-order valence-corrected chi connectivity index (χ0v) is 14.2. The highest BCUT2D eigenvalue weighted by Gasteiger charge is 2.15. The molecule has 1 aromatic carbocycles. The van der Waals surface area contributed by atoms with E-state index in [1.807, 2.05) is 12.3 Å². The van der Waals surface area contributed by atoms with Crippen molar-refractivity contribution in [2.75, 3.05) is 38.1 Å². The molecule has 2 aromatic heterocycles. The van der Waals surface area contributed by atoms with Gasteiger partial charge in [-0.1, -0.05) is 18.2 Å². The smallest absolute Gasteiger partial charge is 0.128 e. The van der Waals surface area contributed by atoms with Crippen molar-refractivity contribution in [2.45, 2.75) is 6.92 Å². The molecule has 0 bridgehead atoms. The zero-order chi connectivity index (χ0) is 16.5. The number of piperazine rings is 1. The van der Waals surface area contributed by atoms with Gasteiger partial charge in [-0.25, -0.2) is 9.97 Å². The molecule has 4 nitrogen and oxygen atoms in total. The first-order valence-corrected chi connectivity index (χ1v) is 8.47. The van der Waals surface area contributed by atoms with Gasteiger partial charge >= 0.3 is 0 Å². The molecule has 1 aliphatic rings. The number of rotatable bonds is 2. The van der Waals surface area contributed by atoms with Crippen LogP contribution >= 0.6 is 0 Å². The van der Waals surface area contributed by atoms with Gasteiger partial charge in [-0.3, -0.25) is 0 Å². The summed E-state index contributed by atoms with van der Waals surface area (Å²) < 4.78 is 0. The molecule has 1 fully saturated rings. The minimum atomic E-state index is 1.02. The molecule has 0 N–H and O–H groups in total. The maximum Gasteiger partial charge on any atom is 0.128 e. The number of benzene rings is 1. The lowest BCUT2D eigenvalue weighted by Gasteiger charge is -2.33. The van der Waals surface area contributed by atoms with Crippen LogP contribution in [0.5, 0.6) is 0 Å². The van der Waals surface area contributed by atoms with E-state index in [1.165, 1.54) is 10.9 Å². The molecule has 24 heavy (non-hydrogen) atoms. The molecule has 1 saturated heterocycles. The number of aryl methyl sites for hydroxylation is 1. The fourth-order valence-corrected chi connectivity index (χ4v) is 3.26. The van der Waals surface area contributed by atoms with Gasteiger partial charge in [-0.2, -0.15) is 0 Å². The molecule has 0 unspecified atom stereocenters. The Kier molecular flexibility index (Phi) is 3.90. The summed E-state index contributed by atoms with van der Waals surface area (Å²) in [6.07, 6.45) is 1.96. The van der Waals surface area contributed by atoms with Gasteiger partial charge in [0.05, 0.1) is 11.2 Å². The van der Waals surface area contributed by atoms with E-state index >= 15 is 0 Å². The Morgan fingerprint density at radius 2 is 1.75 bits per heavy atom. The number of pyridine rings is 2. The van der Waals surface area contributed by atoms with E-state index in [9.17, 15) is 0 Å². The summed E-state index contributed by atoms with van der Waals surface area (Å²) in [4.78, 5) is 14.2. The number of para-hydroxylation sites is 1. The van der Waals surface area contributed by atoms with Crippen molar-refractivity contribution in [1.29, 1.82) is 0 Å². The highest BCUT2D eigenvalue weighted by atomic mass is 15.3. The molecule has 0 atom stereocenters. The molecular formula is C20H22N4. The third-order valence-corrected chi connectivity index (χ3v) is 4.76. The first-order valence-electron chi connectivity index (χ1n) is 8.47. The Bertz CT molecular complexity index is 849. The van der Waals surface area contributed by atoms with Crippen LogP contribution in [0.2, 0.25) is 0 Å². The average Bonchev–Trinajstić information content (AvgIpc) is 2.62. The summed E-state index contributed by atoms with van der Waals surface area (Å²) >= 11 is 0. The summed E-state index contributed by atoms with van der Waals surface area (Å²) in [5.74, 6) is 1.06. The van der Waals surface area contributed by atoms with Gasteiger partial charge in [0.2, 0.25) is 0 Å². The van der Waals surface area contributed by atoms with Crippen LogP contribution in [0.15, 0.2) is 48.7 Å². The van der Waals surface area contributed by atoms with Gasteiger partial charge in [-0.15, -0.1) is 0 Å². The van der Waals surface area contributed by atoms with Gasteiger partial charge in [0.15, 0.2) is 0 Å². The minimum Gasteiger partial charge on any atom is -0.354 e. The van der Waals surface area contributed by atoms with E-state index in [2.05, 4.69) is 60.2 Å². The van der Waals surface area contributed by atoms with E-state index in [4.69, 9.17) is 9.97 Å². The number of nitrogens with zero attached hydrogens (tertiary/aromatic N) is 4. The van der Waals surface area contributed by atoms with Crippen molar-refractivity contribution in [1.82, 2.24) is 14.9 Å². The summed E-state index contributed by atoms with van der Waals surface area (Å²) in [6, 6.07) is 14.7. The Morgan fingerprint density at radius 3 is 2.50 bits per heavy atom. The highest BCUT2D eigenvalue weighted by molar-refractivity contribution is 5.83. The molecule has 1 aliphatic heterocycles. The largest absolute Gasteiger partial charge is 0.354 e. The zero-order valence-electron chi connectivity index (χ0n) is 14.2. The monoisotopic (exact) mass is 318 g/mol. The van der Waals surface area contributed by atoms with Crippen LogP contribution in [0.25, 0.3) is 22.2 Å². The van der Waals surface area contributed by atoms with Crippen molar-refractivity contribution in [3.05, 3.63) is 54.2 Å². The molecule has 122 valence electrons. The van der Waals surface area contributed by atoms with Crippen LogP contribution in [0.4, 0.5) is 5.82 Å². The molecule has 0 radical (unpaired) electrons. The second-order valence-electron chi connectivity index (χ2n) is 6.54. The third kappa shape index (κ3) is 2.85. The fraction of sp³-hybridized carbons (Fsp3) is 0.300. The summed E-state index contributed by atoms with van der Waals surface area (Å²) in [6.45, 7) is 6.37. The lowest BCUT2D eigenvalue weighted by Crippen LogP contribution is -2.44. The number of likely N-dealkylation sites (N-methyl/N-ethyl adjacent to an activating group) is 1. The molecule has 0 amide bonds. The first kappa shape index (κ1) is 15.1.